The van der Waals surface area contributed by atoms with Crippen LogP contribution in [-0.2, 0) is 5.41 Å². The molecule has 3 heterocycles. The quantitative estimate of drug-likeness (QED) is 0.210. The van der Waals surface area contributed by atoms with Gasteiger partial charge in [-0.25, -0.2) is 4.99 Å². The Kier molecular flexibility index (Phi) is 4.93. The molecule has 0 saturated carbocycles. The van der Waals surface area contributed by atoms with Gasteiger partial charge in [0.15, 0.2) is 0 Å². The second-order valence-electron chi connectivity index (χ2n) is 13.2. The van der Waals surface area contributed by atoms with Gasteiger partial charge in [-0.2, -0.15) is 0 Å². The third kappa shape index (κ3) is 3.40. The summed E-state index contributed by atoms with van der Waals surface area (Å²) in [7, 11) is 0. The molecule has 2 aromatic heterocycles. The van der Waals surface area contributed by atoms with E-state index in [9.17, 15) is 0 Å². The fourth-order valence-electron chi connectivity index (χ4n) is 8.17. The SMILES string of the molecule is CC1(C)C2=C(C=CCC2)c2cc(C3Nc4oc5ccccc5c4N=C3n3c4ccccc4c4cc5ccccc5cc43)ccc21. The van der Waals surface area contributed by atoms with Crippen molar-refractivity contribution >= 4 is 66.5 Å². The largest absolute Gasteiger partial charge is 0.438 e. The molecule has 1 atom stereocenters. The zero-order valence-corrected chi connectivity index (χ0v) is 25.3. The predicted molar refractivity (Wildman–Crippen MR) is 187 cm³/mol. The summed E-state index contributed by atoms with van der Waals surface area (Å²) in [6.45, 7) is 4.75. The van der Waals surface area contributed by atoms with Gasteiger partial charge >= 0.3 is 0 Å². The smallest absolute Gasteiger partial charge is 0.221 e. The summed E-state index contributed by atoms with van der Waals surface area (Å²) in [5.74, 6) is 1.66. The summed E-state index contributed by atoms with van der Waals surface area (Å²) in [6.07, 6.45) is 6.90. The molecule has 216 valence electrons. The number of rotatable bonds is 1. The Morgan fingerprint density at radius 2 is 1.58 bits per heavy atom. The first kappa shape index (κ1) is 25.0. The lowest BCUT2D eigenvalue weighted by atomic mass is 9.78. The van der Waals surface area contributed by atoms with Crippen LogP contribution in [0.4, 0.5) is 11.6 Å². The molecule has 0 spiro atoms. The molecule has 4 heteroatoms. The Balaban J connectivity index is 1.27. The highest BCUT2D eigenvalue weighted by atomic mass is 16.4. The van der Waals surface area contributed by atoms with E-state index in [4.69, 9.17) is 9.41 Å². The first-order valence-electron chi connectivity index (χ1n) is 15.9. The minimum Gasteiger partial charge on any atom is -0.438 e. The third-order valence-corrected chi connectivity index (χ3v) is 10.4. The molecule has 4 nitrogen and oxygen atoms in total. The number of fused-ring (bicyclic) bond motifs is 9. The highest BCUT2D eigenvalue weighted by Crippen LogP contribution is 2.51. The van der Waals surface area contributed by atoms with Crippen LogP contribution < -0.4 is 5.32 Å². The monoisotopic (exact) mass is 581 g/mol. The van der Waals surface area contributed by atoms with E-state index in [2.05, 4.69) is 127 Å². The van der Waals surface area contributed by atoms with E-state index in [-0.39, 0.29) is 11.5 Å². The lowest BCUT2D eigenvalue weighted by Gasteiger charge is -2.28. The number of furan rings is 1. The minimum atomic E-state index is -0.228. The van der Waals surface area contributed by atoms with Crippen molar-refractivity contribution in [2.24, 2.45) is 4.99 Å². The van der Waals surface area contributed by atoms with Crippen molar-refractivity contribution in [1.82, 2.24) is 4.57 Å². The van der Waals surface area contributed by atoms with Gasteiger partial charge in [-0.1, -0.05) is 98.3 Å². The van der Waals surface area contributed by atoms with Crippen molar-refractivity contribution in [3.05, 3.63) is 138 Å². The summed E-state index contributed by atoms with van der Waals surface area (Å²) in [5, 5.41) is 9.76. The third-order valence-electron chi connectivity index (χ3n) is 10.4. The lowest BCUT2D eigenvalue weighted by molar-refractivity contribution is 0.606. The van der Waals surface area contributed by atoms with Gasteiger partial charge in [-0.05, 0) is 82.3 Å². The van der Waals surface area contributed by atoms with Crippen molar-refractivity contribution < 1.29 is 4.42 Å². The number of aromatic nitrogens is 1. The molecule has 7 aromatic rings. The fourth-order valence-corrected chi connectivity index (χ4v) is 8.17. The summed E-state index contributed by atoms with van der Waals surface area (Å²) >= 11 is 0. The number of aliphatic imine (C=N–C) groups is 1. The predicted octanol–water partition coefficient (Wildman–Crippen LogP) is 10.8. The number of nitrogens with one attached hydrogen (secondary N) is 1. The normalized spacial score (nSPS) is 18.4. The molecule has 0 bridgehead atoms. The average Bonchev–Trinajstić information content (AvgIpc) is 3.68. The van der Waals surface area contributed by atoms with Gasteiger partial charge in [0.25, 0.3) is 0 Å². The van der Waals surface area contributed by atoms with Crippen molar-refractivity contribution in [3.8, 4) is 0 Å². The van der Waals surface area contributed by atoms with Gasteiger partial charge in [-0.3, -0.25) is 4.57 Å². The molecular weight excluding hydrogens is 550 g/mol. The van der Waals surface area contributed by atoms with Crippen LogP contribution in [0.25, 0.3) is 49.1 Å². The van der Waals surface area contributed by atoms with Gasteiger partial charge in [0.2, 0.25) is 5.88 Å². The van der Waals surface area contributed by atoms with Crippen LogP contribution in [-0.4, -0.2) is 10.4 Å². The van der Waals surface area contributed by atoms with Crippen molar-refractivity contribution in [3.63, 3.8) is 0 Å². The maximum Gasteiger partial charge on any atom is 0.221 e. The molecule has 0 amide bonds. The first-order valence-corrected chi connectivity index (χ1v) is 15.9. The Morgan fingerprint density at radius 1 is 0.800 bits per heavy atom. The summed E-state index contributed by atoms with van der Waals surface area (Å²) in [5.41, 5.74) is 10.9. The molecule has 0 radical (unpaired) electrons. The van der Waals surface area contributed by atoms with E-state index in [1.165, 1.54) is 43.8 Å². The molecule has 45 heavy (non-hydrogen) atoms. The lowest BCUT2D eigenvalue weighted by Crippen LogP contribution is -2.29. The molecular formula is C41H31N3O. The highest BCUT2D eigenvalue weighted by molar-refractivity contribution is 6.19. The molecule has 0 saturated heterocycles. The van der Waals surface area contributed by atoms with Crippen LogP contribution in [0.2, 0.25) is 0 Å². The van der Waals surface area contributed by atoms with Crippen LogP contribution in [0, 0.1) is 0 Å². The van der Waals surface area contributed by atoms with Gasteiger partial charge in [0.1, 0.15) is 23.1 Å². The Morgan fingerprint density at radius 3 is 2.47 bits per heavy atom. The van der Waals surface area contributed by atoms with Crippen molar-refractivity contribution in [2.75, 3.05) is 5.32 Å². The number of benzene rings is 5. The van der Waals surface area contributed by atoms with E-state index >= 15 is 0 Å². The molecule has 1 N–H and O–H groups in total. The molecule has 1 aliphatic heterocycles. The number of allylic oxidation sites excluding steroid dienone is 4. The van der Waals surface area contributed by atoms with E-state index < -0.39 is 0 Å². The molecule has 3 aliphatic rings. The number of hydrogen-bond donors (Lipinski definition) is 1. The van der Waals surface area contributed by atoms with Gasteiger partial charge in [0, 0.05) is 21.6 Å². The Bertz CT molecular complexity index is 2500. The zero-order chi connectivity index (χ0) is 29.9. The summed E-state index contributed by atoms with van der Waals surface area (Å²) in [6, 6.07) is 37.0. The number of para-hydroxylation sites is 2. The Hall–Kier alpha value is -5.35. The van der Waals surface area contributed by atoms with E-state index in [1.807, 2.05) is 12.1 Å². The van der Waals surface area contributed by atoms with Crippen LogP contribution in [0.3, 0.4) is 0 Å². The standard InChI is InChI=1S/C41H31N3O/c1-41(2)32-16-8-5-13-27(32)30-22-26(19-20-33(30)41)37-39(42-38-29-15-7-10-18-36(29)45-40(38)43-37)44-34-17-9-6-14-28(34)31-21-24-11-3-4-12-25(24)23-35(31)44/h3-7,9-15,17-23,37,43H,8,16H2,1-2H3. The van der Waals surface area contributed by atoms with Gasteiger partial charge in [-0.15, -0.1) is 0 Å². The number of hydrogen-bond acceptors (Lipinski definition) is 3. The van der Waals surface area contributed by atoms with Gasteiger partial charge in [0.05, 0.1) is 11.0 Å². The van der Waals surface area contributed by atoms with E-state index in [0.29, 0.717) is 0 Å². The second kappa shape index (κ2) is 8.86. The maximum atomic E-state index is 6.40. The zero-order valence-electron chi connectivity index (χ0n) is 25.3. The topological polar surface area (TPSA) is 42.5 Å². The minimum absolute atomic E-state index is 0.0324. The maximum absolute atomic E-state index is 6.40. The first-order chi connectivity index (χ1) is 22.1. The molecule has 10 rings (SSSR count). The number of anilines is 1. The van der Waals surface area contributed by atoms with Crippen LogP contribution in [0.15, 0.2) is 130 Å². The van der Waals surface area contributed by atoms with E-state index in [0.717, 1.165) is 52.3 Å². The van der Waals surface area contributed by atoms with E-state index in [1.54, 1.807) is 5.57 Å². The highest BCUT2D eigenvalue weighted by Gasteiger charge is 2.39. The molecule has 5 aromatic carbocycles. The van der Waals surface area contributed by atoms with Crippen LogP contribution >= 0.6 is 0 Å². The van der Waals surface area contributed by atoms with Crippen molar-refractivity contribution in [1.29, 1.82) is 0 Å². The summed E-state index contributed by atoms with van der Waals surface area (Å²) < 4.78 is 8.78. The second-order valence-corrected chi connectivity index (χ2v) is 13.2. The van der Waals surface area contributed by atoms with Crippen molar-refractivity contribution in [2.45, 2.75) is 38.1 Å². The fraction of sp³-hybridized carbons (Fsp3) is 0.146. The number of nitrogens with zero attached hydrogens (tertiary/aromatic N) is 2. The van der Waals surface area contributed by atoms with Crippen LogP contribution in [0.1, 0.15) is 49.4 Å². The molecule has 0 fully saturated rings. The summed E-state index contributed by atoms with van der Waals surface area (Å²) in [4.78, 5) is 5.52. The van der Waals surface area contributed by atoms with Gasteiger partial charge < -0.3 is 9.73 Å². The molecule has 2 aliphatic carbocycles. The average molecular weight is 582 g/mol. The van der Waals surface area contributed by atoms with Crippen LogP contribution in [0.5, 0.6) is 0 Å². The molecule has 1 unspecified atom stereocenters. The Labute approximate surface area is 261 Å².